The zero-order valence-corrected chi connectivity index (χ0v) is 19.0. The van der Waals surface area contributed by atoms with Crippen LogP contribution in [0.25, 0.3) is 0 Å². The van der Waals surface area contributed by atoms with Gasteiger partial charge in [0.05, 0.1) is 24.1 Å². The minimum absolute atomic E-state index is 0.0160. The Kier molecular flexibility index (Phi) is 6.37. The highest BCUT2D eigenvalue weighted by atomic mass is 32.1. The van der Waals surface area contributed by atoms with Crippen molar-refractivity contribution >= 4 is 28.2 Å². The van der Waals surface area contributed by atoms with Gasteiger partial charge in [0.25, 0.3) is 0 Å². The van der Waals surface area contributed by atoms with Crippen LogP contribution in [0.5, 0.6) is 0 Å². The Labute approximate surface area is 191 Å². The molecule has 4 rings (SSSR count). The molecular weight excluding hydrogens is 422 g/mol. The van der Waals surface area contributed by atoms with Gasteiger partial charge in [0, 0.05) is 24.0 Å². The van der Waals surface area contributed by atoms with E-state index in [1.165, 1.54) is 11.3 Å². The number of aromatic nitrogens is 2. The smallest absolute Gasteiger partial charge is 0.242 e. The van der Waals surface area contributed by atoms with Crippen LogP contribution < -0.4 is 5.32 Å². The summed E-state index contributed by atoms with van der Waals surface area (Å²) < 4.78 is 1.78. The minimum Gasteiger partial charge on any atom is -0.336 e. The summed E-state index contributed by atoms with van der Waals surface area (Å²) in [5.74, 6) is -0.0154. The van der Waals surface area contributed by atoms with Gasteiger partial charge in [-0.15, -0.1) is 11.3 Å². The van der Waals surface area contributed by atoms with E-state index in [4.69, 9.17) is 0 Å². The molecule has 1 aliphatic rings. The van der Waals surface area contributed by atoms with Gasteiger partial charge in [-0.1, -0.05) is 37.3 Å². The quantitative estimate of drug-likeness (QED) is 0.622. The van der Waals surface area contributed by atoms with Crippen LogP contribution in [0, 0.1) is 18.3 Å². The Morgan fingerprint density at radius 2 is 2.09 bits per heavy atom. The fourth-order valence-corrected chi connectivity index (χ4v) is 5.22. The highest BCUT2D eigenvalue weighted by Crippen LogP contribution is 2.37. The highest BCUT2D eigenvalue weighted by molar-refractivity contribution is 7.16. The van der Waals surface area contributed by atoms with Crippen molar-refractivity contribution in [3.63, 3.8) is 0 Å². The summed E-state index contributed by atoms with van der Waals surface area (Å²) in [6, 6.07) is 12.2. The lowest BCUT2D eigenvalue weighted by atomic mass is 9.97. The number of thiophene rings is 1. The van der Waals surface area contributed by atoms with Gasteiger partial charge in [-0.2, -0.15) is 5.26 Å². The van der Waals surface area contributed by atoms with Gasteiger partial charge < -0.3 is 14.8 Å². The number of hydrogen-bond donors (Lipinski definition) is 1. The Morgan fingerprint density at radius 1 is 1.31 bits per heavy atom. The zero-order chi connectivity index (χ0) is 22.7. The highest BCUT2D eigenvalue weighted by Gasteiger charge is 2.27. The molecule has 3 heterocycles. The lowest BCUT2D eigenvalue weighted by molar-refractivity contribution is -0.132. The number of aryl methyl sites for hydroxylation is 1. The summed E-state index contributed by atoms with van der Waals surface area (Å²) in [6.45, 7) is 5.17. The van der Waals surface area contributed by atoms with Gasteiger partial charge in [0.2, 0.25) is 11.8 Å². The van der Waals surface area contributed by atoms with E-state index in [0.29, 0.717) is 36.5 Å². The number of carbonyl (C=O) groups is 2. The number of nitriles is 1. The molecule has 1 atom stereocenters. The Bertz CT molecular complexity index is 1170. The van der Waals surface area contributed by atoms with Crippen molar-refractivity contribution in [2.75, 3.05) is 11.9 Å². The molecule has 1 aromatic carbocycles. The van der Waals surface area contributed by atoms with E-state index in [1.807, 2.05) is 50.4 Å². The molecule has 2 aromatic heterocycles. The normalized spacial score (nSPS) is 13.8. The second-order valence-corrected chi connectivity index (χ2v) is 9.24. The largest absolute Gasteiger partial charge is 0.336 e. The number of nitrogens with one attached hydrogen (secondary N) is 1. The molecule has 1 N–H and O–H groups in total. The number of fused-ring (bicyclic) bond motifs is 1. The van der Waals surface area contributed by atoms with Crippen molar-refractivity contribution in [2.45, 2.75) is 45.7 Å². The second kappa shape index (κ2) is 9.37. The first-order valence-electron chi connectivity index (χ1n) is 10.6. The van der Waals surface area contributed by atoms with Crippen LogP contribution in [0.2, 0.25) is 0 Å². The summed E-state index contributed by atoms with van der Waals surface area (Å²) in [7, 11) is 0. The first kappa shape index (κ1) is 21.8. The first-order chi connectivity index (χ1) is 15.4. The minimum atomic E-state index is -0.111. The van der Waals surface area contributed by atoms with E-state index in [9.17, 15) is 14.9 Å². The Morgan fingerprint density at radius 3 is 2.78 bits per heavy atom. The fraction of sp³-hybridized carbons (Fsp3) is 0.333. The molecule has 3 aromatic rings. The number of carbonyl (C=O) groups excluding carboxylic acids is 2. The summed E-state index contributed by atoms with van der Waals surface area (Å²) >= 11 is 1.40. The summed E-state index contributed by atoms with van der Waals surface area (Å²) in [5.41, 5.74) is 3.46. The molecule has 0 spiro atoms. The Hall–Kier alpha value is -3.44. The average molecular weight is 448 g/mol. The molecule has 0 bridgehead atoms. The van der Waals surface area contributed by atoms with E-state index in [2.05, 4.69) is 16.4 Å². The first-order valence-corrected chi connectivity index (χ1v) is 11.4. The van der Waals surface area contributed by atoms with Gasteiger partial charge in [0.1, 0.15) is 17.6 Å². The molecule has 164 valence electrons. The van der Waals surface area contributed by atoms with E-state index >= 15 is 0 Å². The zero-order valence-electron chi connectivity index (χ0n) is 18.2. The molecule has 2 amide bonds. The van der Waals surface area contributed by atoms with Crippen LogP contribution in [-0.2, 0) is 29.1 Å². The maximum Gasteiger partial charge on any atom is 0.242 e. The number of benzene rings is 1. The van der Waals surface area contributed by atoms with Crippen LogP contribution in [-0.4, -0.2) is 32.8 Å². The lowest BCUT2D eigenvalue weighted by Gasteiger charge is -2.27. The number of hydrogen-bond acceptors (Lipinski definition) is 5. The molecule has 1 aliphatic heterocycles. The third-order valence-electron chi connectivity index (χ3n) is 5.71. The van der Waals surface area contributed by atoms with Crippen molar-refractivity contribution in [1.82, 2.24) is 14.5 Å². The van der Waals surface area contributed by atoms with Crippen molar-refractivity contribution < 1.29 is 9.59 Å². The molecule has 0 saturated carbocycles. The topological polar surface area (TPSA) is 91.0 Å². The van der Waals surface area contributed by atoms with Gasteiger partial charge in [-0.3, -0.25) is 9.59 Å². The third kappa shape index (κ3) is 4.73. The van der Waals surface area contributed by atoms with E-state index < -0.39 is 0 Å². The van der Waals surface area contributed by atoms with Crippen molar-refractivity contribution in [2.24, 2.45) is 0 Å². The maximum absolute atomic E-state index is 12.7. The molecule has 0 radical (unpaired) electrons. The van der Waals surface area contributed by atoms with Crippen LogP contribution in [0.3, 0.4) is 0 Å². The predicted molar refractivity (Wildman–Crippen MR) is 123 cm³/mol. The molecule has 32 heavy (non-hydrogen) atoms. The monoisotopic (exact) mass is 447 g/mol. The van der Waals surface area contributed by atoms with Crippen molar-refractivity contribution in [3.8, 4) is 6.07 Å². The number of anilines is 1. The second-order valence-electron chi connectivity index (χ2n) is 8.14. The van der Waals surface area contributed by atoms with Gasteiger partial charge in [-0.25, -0.2) is 4.98 Å². The third-order valence-corrected chi connectivity index (χ3v) is 6.85. The van der Waals surface area contributed by atoms with Crippen LogP contribution in [0.15, 0.2) is 42.9 Å². The molecule has 0 saturated heterocycles. The number of amides is 2. The number of imidazole rings is 1. The summed E-state index contributed by atoms with van der Waals surface area (Å²) in [6.07, 6.45) is 4.45. The molecule has 0 aliphatic carbocycles. The molecule has 0 fully saturated rings. The van der Waals surface area contributed by atoms with Crippen LogP contribution in [0.4, 0.5) is 5.00 Å². The van der Waals surface area contributed by atoms with Crippen LogP contribution >= 0.6 is 11.3 Å². The lowest BCUT2D eigenvalue weighted by Crippen LogP contribution is -2.37. The van der Waals surface area contributed by atoms with Crippen LogP contribution in [0.1, 0.15) is 46.5 Å². The summed E-state index contributed by atoms with van der Waals surface area (Å²) in [4.78, 5) is 32.3. The fourth-order valence-electron chi connectivity index (χ4n) is 3.99. The van der Waals surface area contributed by atoms with Gasteiger partial charge in [0.15, 0.2) is 0 Å². The molecule has 7 nitrogen and oxygen atoms in total. The summed E-state index contributed by atoms with van der Waals surface area (Å²) in [5, 5.41) is 13.3. The maximum atomic E-state index is 12.7. The molecule has 8 heteroatoms. The number of nitrogens with zero attached hydrogens (tertiary/aromatic N) is 4. The standard InChI is InChI=1S/C24H25N5O2S/c1-16(18-6-4-3-5-7-18)10-22(30)27-24-20(11-25)19-8-9-29(13-21(19)32-24)23(31)14-28-12-17(2)26-15-28/h3-7,12,15-16H,8-10,13-14H2,1-2H3,(H,27,30). The number of rotatable bonds is 6. The van der Waals surface area contributed by atoms with E-state index in [1.54, 1.807) is 15.8 Å². The average Bonchev–Trinajstić information content (AvgIpc) is 3.35. The Balaban J connectivity index is 1.43. The van der Waals surface area contributed by atoms with Crippen molar-refractivity contribution in [1.29, 1.82) is 5.26 Å². The molecular formula is C24H25N5O2S. The van der Waals surface area contributed by atoms with Gasteiger partial charge >= 0.3 is 0 Å². The van der Waals surface area contributed by atoms with Gasteiger partial charge in [-0.05, 0) is 30.4 Å². The molecule has 1 unspecified atom stereocenters. The predicted octanol–water partition coefficient (Wildman–Crippen LogP) is 3.84. The SMILES string of the molecule is Cc1cn(CC(=O)N2CCc3c(sc(NC(=O)CC(C)c4ccccc4)c3C#N)C2)cn1. The van der Waals surface area contributed by atoms with Crippen molar-refractivity contribution in [3.05, 3.63) is 70.1 Å². The van der Waals surface area contributed by atoms with E-state index in [0.717, 1.165) is 21.7 Å². The van der Waals surface area contributed by atoms with E-state index in [-0.39, 0.29) is 24.3 Å².